The maximum absolute atomic E-state index is 12.3. The van der Waals surface area contributed by atoms with Gasteiger partial charge in [0.1, 0.15) is 5.82 Å². The molecule has 5 nitrogen and oxygen atoms in total. The molecule has 1 aromatic carbocycles. The van der Waals surface area contributed by atoms with Crippen LogP contribution in [0.5, 0.6) is 0 Å². The molecule has 3 heterocycles. The zero-order chi connectivity index (χ0) is 20.2. The van der Waals surface area contributed by atoms with Crippen molar-refractivity contribution in [3.05, 3.63) is 76.0 Å². The minimum Gasteiger partial charge on any atom is -0.353 e. The van der Waals surface area contributed by atoms with Crippen LogP contribution in [0.4, 0.5) is 5.82 Å². The minimum absolute atomic E-state index is 0.0583. The van der Waals surface area contributed by atoms with Crippen LogP contribution in [0.2, 0.25) is 5.02 Å². The zero-order valence-corrected chi connectivity index (χ0v) is 17.8. The van der Waals surface area contributed by atoms with Gasteiger partial charge in [0.25, 0.3) is 0 Å². The summed E-state index contributed by atoms with van der Waals surface area (Å²) in [6.45, 7) is 0. The predicted molar refractivity (Wildman–Crippen MR) is 120 cm³/mol. The van der Waals surface area contributed by atoms with E-state index in [4.69, 9.17) is 11.6 Å². The number of carbonyl (C=O) groups is 1. The number of carbonyl (C=O) groups excluding carboxylic acids is 1. The first-order valence-electron chi connectivity index (χ1n) is 9.23. The van der Waals surface area contributed by atoms with Gasteiger partial charge in [-0.05, 0) is 76.8 Å². The van der Waals surface area contributed by atoms with E-state index in [1.165, 1.54) is 0 Å². The molecule has 1 amide bonds. The number of nitrogens with zero attached hydrogens (tertiary/aromatic N) is 2. The van der Waals surface area contributed by atoms with Crippen LogP contribution in [0.15, 0.2) is 65.4 Å². The monoisotopic (exact) mass is 468 g/mol. The lowest BCUT2D eigenvalue weighted by molar-refractivity contribution is -0.116. The molecular formula is C22H18BrClN4O. The highest BCUT2D eigenvalue weighted by atomic mass is 79.9. The van der Waals surface area contributed by atoms with Gasteiger partial charge in [-0.25, -0.2) is 4.98 Å². The molecule has 0 aliphatic carbocycles. The van der Waals surface area contributed by atoms with Crippen LogP contribution in [-0.4, -0.2) is 20.9 Å². The van der Waals surface area contributed by atoms with E-state index in [-0.39, 0.29) is 5.91 Å². The number of amides is 1. The standard InChI is InChI=1S/C22H18BrClN4O/c23-14-7-10-20(26-13-14)28-21(29)6-3-4-16-17-12-15(24)8-9-18(17)27-22(16)19-5-1-2-11-25-19/h1-2,5,7-13,27H,3-4,6H2,(H,26,28,29). The summed E-state index contributed by atoms with van der Waals surface area (Å²) in [5.41, 5.74) is 3.97. The number of benzene rings is 1. The molecule has 146 valence electrons. The number of anilines is 1. The summed E-state index contributed by atoms with van der Waals surface area (Å²) in [6.07, 6.45) is 5.25. The lowest BCUT2D eigenvalue weighted by Gasteiger charge is -2.06. The van der Waals surface area contributed by atoms with Crippen LogP contribution in [0.25, 0.3) is 22.3 Å². The molecule has 4 aromatic rings. The molecule has 2 N–H and O–H groups in total. The number of hydrogen-bond donors (Lipinski definition) is 2. The van der Waals surface area contributed by atoms with Crippen molar-refractivity contribution >= 4 is 50.2 Å². The molecule has 29 heavy (non-hydrogen) atoms. The number of fused-ring (bicyclic) bond motifs is 1. The van der Waals surface area contributed by atoms with Gasteiger partial charge in [-0.15, -0.1) is 0 Å². The molecule has 3 aromatic heterocycles. The highest BCUT2D eigenvalue weighted by molar-refractivity contribution is 9.10. The number of rotatable bonds is 6. The summed E-state index contributed by atoms with van der Waals surface area (Å²) in [5.74, 6) is 0.489. The van der Waals surface area contributed by atoms with E-state index >= 15 is 0 Å². The van der Waals surface area contributed by atoms with Crippen molar-refractivity contribution in [3.8, 4) is 11.4 Å². The Hall–Kier alpha value is -2.70. The van der Waals surface area contributed by atoms with Crippen molar-refractivity contribution in [2.75, 3.05) is 5.32 Å². The Morgan fingerprint density at radius 2 is 2.03 bits per heavy atom. The van der Waals surface area contributed by atoms with Crippen molar-refractivity contribution in [1.82, 2.24) is 15.0 Å². The molecule has 0 aliphatic heterocycles. The summed E-state index contributed by atoms with van der Waals surface area (Å²) in [7, 11) is 0. The first kappa shape index (κ1) is 19.6. The van der Waals surface area contributed by atoms with Crippen LogP contribution < -0.4 is 5.32 Å². The number of hydrogen-bond acceptors (Lipinski definition) is 3. The maximum atomic E-state index is 12.3. The van der Waals surface area contributed by atoms with Crippen LogP contribution in [0.1, 0.15) is 18.4 Å². The Bertz CT molecular complexity index is 1140. The van der Waals surface area contributed by atoms with Crippen LogP contribution >= 0.6 is 27.5 Å². The highest BCUT2D eigenvalue weighted by Crippen LogP contribution is 2.32. The topological polar surface area (TPSA) is 70.7 Å². The Morgan fingerprint density at radius 1 is 1.14 bits per heavy atom. The van der Waals surface area contributed by atoms with Gasteiger partial charge in [-0.1, -0.05) is 17.7 Å². The van der Waals surface area contributed by atoms with Gasteiger partial charge >= 0.3 is 0 Å². The zero-order valence-electron chi connectivity index (χ0n) is 15.5. The molecule has 0 saturated heterocycles. The Balaban J connectivity index is 1.51. The fourth-order valence-corrected chi connectivity index (χ4v) is 3.70. The summed E-state index contributed by atoms with van der Waals surface area (Å²) >= 11 is 9.56. The third-order valence-electron chi connectivity index (χ3n) is 4.61. The van der Waals surface area contributed by atoms with Gasteiger partial charge < -0.3 is 10.3 Å². The fraction of sp³-hybridized carbons (Fsp3) is 0.136. The van der Waals surface area contributed by atoms with E-state index in [0.717, 1.165) is 38.7 Å². The van der Waals surface area contributed by atoms with Gasteiger partial charge in [0.15, 0.2) is 0 Å². The SMILES string of the molecule is O=C(CCCc1c(-c2ccccn2)[nH]c2ccc(Cl)cc12)Nc1ccc(Br)cn1. The average Bonchev–Trinajstić information content (AvgIpc) is 3.08. The largest absolute Gasteiger partial charge is 0.353 e. The van der Waals surface area contributed by atoms with E-state index in [1.807, 2.05) is 42.5 Å². The first-order valence-corrected chi connectivity index (χ1v) is 10.4. The smallest absolute Gasteiger partial charge is 0.225 e. The van der Waals surface area contributed by atoms with E-state index in [2.05, 4.69) is 36.2 Å². The van der Waals surface area contributed by atoms with E-state index in [9.17, 15) is 4.79 Å². The van der Waals surface area contributed by atoms with Crippen molar-refractivity contribution in [2.45, 2.75) is 19.3 Å². The van der Waals surface area contributed by atoms with E-state index < -0.39 is 0 Å². The van der Waals surface area contributed by atoms with Crippen molar-refractivity contribution in [1.29, 1.82) is 0 Å². The third kappa shape index (κ3) is 4.66. The number of nitrogens with one attached hydrogen (secondary N) is 2. The van der Waals surface area contributed by atoms with Crippen LogP contribution in [0.3, 0.4) is 0 Å². The molecule has 0 fully saturated rings. The van der Waals surface area contributed by atoms with Gasteiger partial charge in [0, 0.05) is 39.2 Å². The van der Waals surface area contributed by atoms with Crippen molar-refractivity contribution in [2.24, 2.45) is 0 Å². The molecular weight excluding hydrogens is 452 g/mol. The molecule has 0 atom stereocenters. The lowest BCUT2D eigenvalue weighted by atomic mass is 10.0. The second-order valence-electron chi connectivity index (χ2n) is 6.65. The Kier molecular flexibility index (Phi) is 5.92. The molecule has 0 bridgehead atoms. The second-order valence-corrected chi connectivity index (χ2v) is 8.00. The number of halogens is 2. The van der Waals surface area contributed by atoms with E-state index in [0.29, 0.717) is 23.7 Å². The van der Waals surface area contributed by atoms with Gasteiger partial charge in [-0.2, -0.15) is 0 Å². The lowest BCUT2D eigenvalue weighted by Crippen LogP contribution is -2.12. The number of aryl methyl sites for hydroxylation is 1. The normalized spacial score (nSPS) is 11.0. The Labute approximate surface area is 181 Å². The summed E-state index contributed by atoms with van der Waals surface area (Å²) in [5, 5.41) is 4.58. The maximum Gasteiger partial charge on any atom is 0.225 e. The molecule has 0 radical (unpaired) electrons. The molecule has 4 rings (SSSR count). The number of aromatic amines is 1. The first-order chi connectivity index (χ1) is 14.1. The molecule has 0 aliphatic rings. The van der Waals surface area contributed by atoms with Crippen LogP contribution in [0, 0.1) is 0 Å². The second kappa shape index (κ2) is 8.76. The van der Waals surface area contributed by atoms with Gasteiger partial charge in [-0.3, -0.25) is 9.78 Å². The fourth-order valence-electron chi connectivity index (χ4n) is 3.29. The van der Waals surface area contributed by atoms with E-state index in [1.54, 1.807) is 18.5 Å². The third-order valence-corrected chi connectivity index (χ3v) is 5.32. The molecule has 0 unspecified atom stereocenters. The number of aromatic nitrogens is 3. The number of H-pyrrole nitrogens is 1. The Morgan fingerprint density at radius 3 is 2.79 bits per heavy atom. The quantitative estimate of drug-likeness (QED) is 0.364. The predicted octanol–water partition coefficient (Wildman–Crippen LogP) is 6.00. The summed E-state index contributed by atoms with van der Waals surface area (Å²) < 4.78 is 0.871. The minimum atomic E-state index is -0.0583. The van der Waals surface area contributed by atoms with Crippen molar-refractivity contribution < 1.29 is 4.79 Å². The molecule has 7 heteroatoms. The van der Waals surface area contributed by atoms with Gasteiger partial charge in [0.2, 0.25) is 5.91 Å². The number of pyridine rings is 2. The molecule has 0 spiro atoms. The van der Waals surface area contributed by atoms with Crippen LogP contribution in [-0.2, 0) is 11.2 Å². The van der Waals surface area contributed by atoms with Gasteiger partial charge in [0.05, 0.1) is 11.4 Å². The summed E-state index contributed by atoms with van der Waals surface area (Å²) in [4.78, 5) is 24.4. The summed E-state index contributed by atoms with van der Waals surface area (Å²) in [6, 6.07) is 15.2. The van der Waals surface area contributed by atoms with Crippen molar-refractivity contribution in [3.63, 3.8) is 0 Å². The molecule has 0 saturated carbocycles. The highest BCUT2D eigenvalue weighted by Gasteiger charge is 2.15. The average molecular weight is 470 g/mol.